The Morgan fingerprint density at radius 1 is 1.24 bits per heavy atom. The molecule has 0 aromatic heterocycles. The van der Waals surface area contributed by atoms with Gasteiger partial charge in [0.2, 0.25) is 0 Å². The van der Waals surface area contributed by atoms with Gasteiger partial charge in [-0.25, -0.2) is 4.79 Å². The molecule has 1 aromatic carbocycles. The first-order chi connectivity index (χ1) is 9.77. The van der Waals surface area contributed by atoms with Crippen LogP contribution in [0.4, 0.5) is 4.79 Å². The SMILES string of the molecule is CCN(C)C(=O)Oc1cc(C(C)N(C)C)ccc1C(C)=O. The summed E-state index contributed by atoms with van der Waals surface area (Å²) in [4.78, 5) is 27.1. The number of benzene rings is 1. The number of nitrogens with zero attached hydrogens (tertiary/aromatic N) is 2. The zero-order valence-electron chi connectivity index (χ0n) is 13.6. The highest BCUT2D eigenvalue weighted by molar-refractivity contribution is 5.97. The van der Waals surface area contributed by atoms with E-state index >= 15 is 0 Å². The van der Waals surface area contributed by atoms with Gasteiger partial charge in [-0.3, -0.25) is 4.79 Å². The van der Waals surface area contributed by atoms with Crippen molar-refractivity contribution in [2.45, 2.75) is 26.8 Å². The van der Waals surface area contributed by atoms with E-state index in [9.17, 15) is 9.59 Å². The van der Waals surface area contributed by atoms with Gasteiger partial charge in [0.15, 0.2) is 5.78 Å². The van der Waals surface area contributed by atoms with Gasteiger partial charge in [-0.2, -0.15) is 0 Å². The van der Waals surface area contributed by atoms with Crippen LogP contribution in [0.15, 0.2) is 18.2 Å². The largest absolute Gasteiger partial charge is 0.414 e. The third kappa shape index (κ3) is 4.29. The number of carbonyl (C=O) groups is 2. The summed E-state index contributed by atoms with van der Waals surface area (Å²) in [5.74, 6) is 0.194. The number of amides is 1. The molecule has 1 rings (SSSR count). The average molecular weight is 292 g/mol. The highest BCUT2D eigenvalue weighted by Crippen LogP contribution is 2.27. The molecule has 5 nitrogen and oxygen atoms in total. The fourth-order valence-electron chi connectivity index (χ4n) is 1.77. The van der Waals surface area contributed by atoms with Crippen LogP contribution in [-0.4, -0.2) is 49.4 Å². The van der Waals surface area contributed by atoms with E-state index in [0.717, 1.165) is 5.56 Å². The topological polar surface area (TPSA) is 49.9 Å². The molecule has 0 saturated heterocycles. The van der Waals surface area contributed by atoms with Crippen LogP contribution in [0.3, 0.4) is 0 Å². The molecule has 21 heavy (non-hydrogen) atoms. The molecule has 0 saturated carbocycles. The molecular weight excluding hydrogens is 268 g/mol. The number of rotatable bonds is 5. The van der Waals surface area contributed by atoms with Crippen molar-refractivity contribution in [1.29, 1.82) is 0 Å². The summed E-state index contributed by atoms with van der Waals surface area (Å²) in [6.45, 7) is 5.91. The van der Waals surface area contributed by atoms with Gasteiger partial charge in [-0.05, 0) is 52.6 Å². The van der Waals surface area contributed by atoms with Crippen LogP contribution in [0, 0.1) is 0 Å². The maximum absolute atomic E-state index is 11.9. The second-order valence-electron chi connectivity index (χ2n) is 5.33. The van der Waals surface area contributed by atoms with Crippen LogP contribution >= 0.6 is 0 Å². The third-order valence-electron chi connectivity index (χ3n) is 3.63. The monoisotopic (exact) mass is 292 g/mol. The summed E-state index contributed by atoms with van der Waals surface area (Å²) in [5.41, 5.74) is 1.41. The highest BCUT2D eigenvalue weighted by Gasteiger charge is 2.17. The summed E-state index contributed by atoms with van der Waals surface area (Å²) in [6, 6.07) is 5.53. The van der Waals surface area contributed by atoms with Crippen molar-refractivity contribution in [2.24, 2.45) is 0 Å². The molecule has 0 heterocycles. The Bertz CT molecular complexity index is 526. The van der Waals surface area contributed by atoms with Gasteiger partial charge >= 0.3 is 6.09 Å². The molecular formula is C16H24N2O3. The van der Waals surface area contributed by atoms with Crippen molar-refractivity contribution in [2.75, 3.05) is 27.7 Å². The van der Waals surface area contributed by atoms with Crippen LogP contribution in [0.2, 0.25) is 0 Å². The fourth-order valence-corrected chi connectivity index (χ4v) is 1.77. The van der Waals surface area contributed by atoms with E-state index in [4.69, 9.17) is 4.74 Å². The average Bonchev–Trinajstić information content (AvgIpc) is 2.44. The lowest BCUT2D eigenvalue weighted by Gasteiger charge is -2.22. The minimum absolute atomic E-state index is 0.124. The summed E-state index contributed by atoms with van der Waals surface area (Å²) in [6.07, 6.45) is -0.463. The summed E-state index contributed by atoms with van der Waals surface area (Å²) in [5, 5.41) is 0. The Labute approximate surface area is 126 Å². The van der Waals surface area contributed by atoms with Gasteiger partial charge in [-0.1, -0.05) is 6.07 Å². The Kier molecular flexibility index (Phi) is 5.90. The lowest BCUT2D eigenvalue weighted by atomic mass is 10.0. The smallest absolute Gasteiger partial charge is 0.409 e. The zero-order chi connectivity index (χ0) is 16.2. The Balaban J connectivity index is 3.16. The molecule has 0 aliphatic heterocycles. The molecule has 1 amide bonds. The normalized spacial score (nSPS) is 12.1. The predicted octanol–water partition coefficient (Wildman–Crippen LogP) is 2.96. The number of hydrogen-bond acceptors (Lipinski definition) is 4. The van der Waals surface area contributed by atoms with Crippen molar-refractivity contribution in [1.82, 2.24) is 9.80 Å². The minimum atomic E-state index is -0.463. The number of hydrogen-bond donors (Lipinski definition) is 0. The van der Waals surface area contributed by atoms with Crippen LogP contribution in [0.5, 0.6) is 5.75 Å². The van der Waals surface area contributed by atoms with Crippen molar-refractivity contribution in [3.05, 3.63) is 29.3 Å². The zero-order valence-corrected chi connectivity index (χ0v) is 13.6. The Morgan fingerprint density at radius 2 is 1.86 bits per heavy atom. The van der Waals surface area contributed by atoms with Crippen molar-refractivity contribution in [3.8, 4) is 5.75 Å². The molecule has 0 N–H and O–H groups in total. The third-order valence-corrected chi connectivity index (χ3v) is 3.63. The first kappa shape index (κ1) is 17.2. The van der Waals surface area contributed by atoms with Crippen LogP contribution in [-0.2, 0) is 0 Å². The summed E-state index contributed by atoms with van der Waals surface area (Å²) >= 11 is 0. The molecule has 0 fully saturated rings. The van der Waals surface area contributed by atoms with E-state index in [1.807, 2.05) is 38.9 Å². The highest BCUT2D eigenvalue weighted by atomic mass is 16.6. The predicted molar refractivity (Wildman–Crippen MR) is 82.9 cm³/mol. The molecule has 0 aliphatic carbocycles. The molecule has 0 spiro atoms. The molecule has 0 radical (unpaired) electrons. The molecule has 1 atom stereocenters. The van der Waals surface area contributed by atoms with Crippen molar-refractivity contribution < 1.29 is 14.3 Å². The molecule has 0 bridgehead atoms. The van der Waals surface area contributed by atoms with E-state index in [-0.39, 0.29) is 11.8 Å². The first-order valence-electron chi connectivity index (χ1n) is 7.02. The van der Waals surface area contributed by atoms with Crippen LogP contribution < -0.4 is 4.74 Å². The lowest BCUT2D eigenvalue weighted by Crippen LogP contribution is -2.29. The first-order valence-corrected chi connectivity index (χ1v) is 7.02. The van der Waals surface area contributed by atoms with Crippen molar-refractivity contribution in [3.63, 3.8) is 0 Å². The summed E-state index contributed by atoms with van der Waals surface area (Å²) in [7, 11) is 5.60. The number of carbonyl (C=O) groups excluding carboxylic acids is 2. The molecule has 1 aromatic rings. The molecule has 1 unspecified atom stereocenters. The van der Waals surface area contributed by atoms with Crippen LogP contribution in [0.25, 0.3) is 0 Å². The fraction of sp³-hybridized carbons (Fsp3) is 0.500. The number of Topliss-reactive ketones (excluding diaryl/α,β-unsaturated/α-hetero) is 1. The van der Waals surface area contributed by atoms with Gasteiger partial charge in [0.1, 0.15) is 5.75 Å². The Hall–Kier alpha value is -1.88. The molecule has 0 aliphatic rings. The minimum Gasteiger partial charge on any atom is -0.409 e. The standard InChI is InChI=1S/C16H24N2O3/c1-7-18(6)16(20)21-15-10-13(11(2)17(4)5)8-9-14(15)12(3)19/h8-11H,7H2,1-6H3. The van der Waals surface area contributed by atoms with Crippen LogP contribution in [0.1, 0.15) is 42.7 Å². The van der Waals surface area contributed by atoms with E-state index in [0.29, 0.717) is 17.9 Å². The van der Waals surface area contributed by atoms with Gasteiger partial charge in [0, 0.05) is 19.6 Å². The number of ether oxygens (including phenoxy) is 1. The maximum atomic E-state index is 11.9. The second-order valence-corrected chi connectivity index (χ2v) is 5.33. The van der Waals surface area contributed by atoms with E-state index in [1.54, 1.807) is 19.2 Å². The molecule has 5 heteroatoms. The maximum Gasteiger partial charge on any atom is 0.414 e. The lowest BCUT2D eigenvalue weighted by molar-refractivity contribution is 0.101. The Morgan fingerprint density at radius 3 is 2.33 bits per heavy atom. The molecule has 116 valence electrons. The van der Waals surface area contributed by atoms with Gasteiger partial charge < -0.3 is 14.5 Å². The van der Waals surface area contributed by atoms with E-state index in [1.165, 1.54) is 11.8 Å². The quantitative estimate of drug-likeness (QED) is 0.783. The van der Waals surface area contributed by atoms with Gasteiger partial charge in [0.05, 0.1) is 5.56 Å². The van der Waals surface area contributed by atoms with E-state index in [2.05, 4.69) is 0 Å². The number of ketones is 1. The van der Waals surface area contributed by atoms with E-state index < -0.39 is 6.09 Å². The van der Waals surface area contributed by atoms with Gasteiger partial charge in [0.25, 0.3) is 0 Å². The van der Waals surface area contributed by atoms with Gasteiger partial charge in [-0.15, -0.1) is 0 Å². The summed E-state index contributed by atoms with van der Waals surface area (Å²) < 4.78 is 5.38. The second kappa shape index (κ2) is 7.22. The van der Waals surface area contributed by atoms with Crippen molar-refractivity contribution >= 4 is 11.9 Å².